The molecule has 0 aliphatic carbocycles. The van der Waals surface area contributed by atoms with Crippen molar-refractivity contribution >= 4 is 17.6 Å². The van der Waals surface area contributed by atoms with E-state index >= 15 is 0 Å². The third-order valence-electron chi connectivity index (χ3n) is 4.57. The molecule has 1 N–H and O–H groups in total. The van der Waals surface area contributed by atoms with E-state index < -0.39 is 0 Å². The van der Waals surface area contributed by atoms with Crippen LogP contribution in [0.3, 0.4) is 0 Å². The van der Waals surface area contributed by atoms with Crippen LogP contribution in [0, 0.1) is 0 Å². The normalized spacial score (nSPS) is 16.7. The summed E-state index contributed by atoms with van der Waals surface area (Å²) in [6.07, 6.45) is 2.77. The largest absolute Gasteiger partial charge is 0.497 e. The minimum Gasteiger partial charge on any atom is -0.497 e. The van der Waals surface area contributed by atoms with Crippen LogP contribution >= 0.6 is 11.6 Å². The first-order valence-corrected chi connectivity index (χ1v) is 8.98. The van der Waals surface area contributed by atoms with Gasteiger partial charge >= 0.3 is 6.03 Å². The van der Waals surface area contributed by atoms with E-state index in [0.717, 1.165) is 47.7 Å². The van der Waals surface area contributed by atoms with Crippen molar-refractivity contribution in [3.05, 3.63) is 64.7 Å². The van der Waals surface area contributed by atoms with Gasteiger partial charge in [-0.2, -0.15) is 0 Å². The summed E-state index contributed by atoms with van der Waals surface area (Å²) in [7, 11) is 1.66. The number of nitrogens with one attached hydrogen (secondary N) is 1. The van der Waals surface area contributed by atoms with E-state index in [1.165, 1.54) is 0 Å². The molecular weight excluding hydrogens is 336 g/mol. The molecule has 4 nitrogen and oxygen atoms in total. The minimum absolute atomic E-state index is 0.00709. The monoisotopic (exact) mass is 358 g/mol. The van der Waals surface area contributed by atoms with Crippen LogP contribution in [0.25, 0.3) is 0 Å². The van der Waals surface area contributed by atoms with Crippen molar-refractivity contribution in [1.82, 2.24) is 10.2 Å². The average Bonchev–Trinajstić information content (AvgIpc) is 3.12. The van der Waals surface area contributed by atoms with E-state index in [1.54, 1.807) is 7.11 Å². The zero-order valence-electron chi connectivity index (χ0n) is 14.4. The predicted molar refractivity (Wildman–Crippen MR) is 100 cm³/mol. The van der Waals surface area contributed by atoms with Crippen molar-refractivity contribution in [3.63, 3.8) is 0 Å². The number of benzene rings is 2. The van der Waals surface area contributed by atoms with Gasteiger partial charge in [-0.05, 0) is 54.7 Å². The summed E-state index contributed by atoms with van der Waals surface area (Å²) in [6, 6.07) is 15.8. The Morgan fingerprint density at radius 1 is 1.28 bits per heavy atom. The van der Waals surface area contributed by atoms with E-state index in [4.69, 9.17) is 16.3 Å². The summed E-state index contributed by atoms with van der Waals surface area (Å²) in [4.78, 5) is 14.5. The lowest BCUT2D eigenvalue weighted by molar-refractivity contribution is 0.193. The molecule has 0 spiro atoms. The molecule has 0 bridgehead atoms. The molecule has 132 valence electrons. The van der Waals surface area contributed by atoms with Crippen molar-refractivity contribution in [2.75, 3.05) is 20.2 Å². The summed E-state index contributed by atoms with van der Waals surface area (Å²) in [5, 5.41) is 3.76. The molecular formula is C20H23ClN2O2. The van der Waals surface area contributed by atoms with E-state index in [1.807, 2.05) is 47.4 Å². The molecule has 0 saturated carbocycles. The van der Waals surface area contributed by atoms with Crippen molar-refractivity contribution < 1.29 is 9.53 Å². The van der Waals surface area contributed by atoms with Gasteiger partial charge in [0.25, 0.3) is 0 Å². The van der Waals surface area contributed by atoms with Gasteiger partial charge in [-0.1, -0.05) is 35.9 Å². The number of urea groups is 1. The number of hydrogen-bond acceptors (Lipinski definition) is 2. The van der Waals surface area contributed by atoms with Crippen LogP contribution in [0.1, 0.15) is 30.0 Å². The predicted octanol–water partition coefficient (Wildman–Crippen LogP) is 4.44. The highest BCUT2D eigenvalue weighted by Crippen LogP contribution is 2.33. The molecule has 1 saturated heterocycles. The summed E-state index contributed by atoms with van der Waals surface area (Å²) in [5.41, 5.74) is 2.25. The van der Waals surface area contributed by atoms with Gasteiger partial charge in [0.1, 0.15) is 5.75 Å². The summed E-state index contributed by atoms with van der Waals surface area (Å²) in [6.45, 7) is 1.38. The molecule has 1 heterocycles. The summed E-state index contributed by atoms with van der Waals surface area (Å²) >= 11 is 6.00. The number of rotatable bonds is 5. The zero-order valence-corrected chi connectivity index (χ0v) is 15.1. The van der Waals surface area contributed by atoms with Gasteiger partial charge < -0.3 is 15.0 Å². The van der Waals surface area contributed by atoms with E-state index in [2.05, 4.69) is 11.4 Å². The first-order valence-electron chi connectivity index (χ1n) is 8.60. The van der Waals surface area contributed by atoms with Crippen LogP contribution in [0.4, 0.5) is 4.79 Å². The molecule has 3 rings (SSSR count). The van der Waals surface area contributed by atoms with Crippen molar-refractivity contribution in [1.29, 1.82) is 0 Å². The topological polar surface area (TPSA) is 41.6 Å². The van der Waals surface area contributed by atoms with Gasteiger partial charge in [0, 0.05) is 18.1 Å². The fourth-order valence-electron chi connectivity index (χ4n) is 3.31. The minimum atomic E-state index is -0.00709. The van der Waals surface area contributed by atoms with E-state index in [-0.39, 0.29) is 12.1 Å². The fourth-order valence-corrected chi connectivity index (χ4v) is 3.53. The van der Waals surface area contributed by atoms with Crippen molar-refractivity contribution in [2.45, 2.75) is 25.3 Å². The third-order valence-corrected chi connectivity index (χ3v) is 4.81. The Labute approximate surface area is 153 Å². The molecule has 1 atom stereocenters. The smallest absolute Gasteiger partial charge is 0.317 e. The number of amides is 2. The number of carbonyl (C=O) groups excluding carboxylic acids is 1. The number of nitrogens with zero attached hydrogens (tertiary/aromatic N) is 1. The Morgan fingerprint density at radius 2 is 2.12 bits per heavy atom. The summed E-state index contributed by atoms with van der Waals surface area (Å²) < 4.78 is 5.30. The van der Waals surface area contributed by atoms with Gasteiger partial charge in [0.05, 0.1) is 13.2 Å². The van der Waals surface area contributed by atoms with Crippen LogP contribution < -0.4 is 10.1 Å². The number of ether oxygens (including phenoxy) is 1. The third kappa shape index (κ3) is 4.45. The molecule has 2 amide bonds. The zero-order chi connectivity index (χ0) is 17.6. The van der Waals surface area contributed by atoms with Crippen LogP contribution in [-0.4, -0.2) is 31.1 Å². The van der Waals surface area contributed by atoms with Gasteiger partial charge in [0.15, 0.2) is 0 Å². The van der Waals surface area contributed by atoms with Crippen LogP contribution in [0.5, 0.6) is 5.75 Å². The lowest BCUT2D eigenvalue weighted by atomic mass is 10.0. The lowest BCUT2D eigenvalue weighted by Crippen LogP contribution is -2.40. The number of methoxy groups -OCH3 is 1. The molecule has 0 aromatic heterocycles. The standard InChI is InChI=1S/C20H23ClN2O2/c1-25-18-8-3-6-16(14-18)19-9-4-12-23(19)20(24)22-11-10-15-5-2-7-17(21)13-15/h2-3,5-8,13-14,19H,4,9-12H2,1H3,(H,22,24). The average molecular weight is 359 g/mol. The molecule has 1 aliphatic rings. The molecule has 1 aliphatic heterocycles. The number of likely N-dealkylation sites (tertiary alicyclic amines) is 1. The highest BCUT2D eigenvalue weighted by Gasteiger charge is 2.29. The maximum absolute atomic E-state index is 12.6. The van der Waals surface area contributed by atoms with E-state index in [9.17, 15) is 4.79 Å². The molecule has 1 unspecified atom stereocenters. The second-order valence-corrected chi connectivity index (χ2v) is 6.68. The molecule has 25 heavy (non-hydrogen) atoms. The van der Waals surface area contributed by atoms with Gasteiger partial charge in [-0.3, -0.25) is 0 Å². The number of carbonyl (C=O) groups is 1. The Bertz CT molecular complexity index is 735. The Hall–Kier alpha value is -2.20. The number of hydrogen-bond donors (Lipinski definition) is 1. The second-order valence-electron chi connectivity index (χ2n) is 6.24. The van der Waals surface area contributed by atoms with Crippen LogP contribution in [0.2, 0.25) is 5.02 Å². The van der Waals surface area contributed by atoms with Crippen LogP contribution in [0.15, 0.2) is 48.5 Å². The Balaban J connectivity index is 1.58. The first kappa shape index (κ1) is 17.6. The number of halogens is 1. The maximum Gasteiger partial charge on any atom is 0.317 e. The molecule has 0 radical (unpaired) electrons. The van der Waals surface area contributed by atoms with Gasteiger partial charge in [-0.25, -0.2) is 4.79 Å². The fraction of sp³-hybridized carbons (Fsp3) is 0.350. The van der Waals surface area contributed by atoms with Gasteiger partial charge in [-0.15, -0.1) is 0 Å². The Morgan fingerprint density at radius 3 is 2.92 bits per heavy atom. The Kier molecular flexibility index (Phi) is 5.82. The van der Waals surface area contributed by atoms with Gasteiger partial charge in [0.2, 0.25) is 0 Å². The lowest BCUT2D eigenvalue weighted by Gasteiger charge is -2.25. The molecule has 1 fully saturated rings. The molecule has 2 aromatic rings. The highest BCUT2D eigenvalue weighted by molar-refractivity contribution is 6.30. The van der Waals surface area contributed by atoms with Crippen molar-refractivity contribution in [2.24, 2.45) is 0 Å². The van der Waals surface area contributed by atoms with Crippen molar-refractivity contribution in [3.8, 4) is 5.75 Å². The molecule has 2 aromatic carbocycles. The quantitative estimate of drug-likeness (QED) is 0.858. The first-order chi connectivity index (χ1) is 12.2. The summed E-state index contributed by atoms with van der Waals surface area (Å²) in [5.74, 6) is 0.825. The second kappa shape index (κ2) is 8.26. The van der Waals surface area contributed by atoms with Crippen LogP contribution in [-0.2, 0) is 6.42 Å². The SMILES string of the molecule is COc1cccc(C2CCCN2C(=O)NCCc2cccc(Cl)c2)c1. The molecule has 5 heteroatoms. The maximum atomic E-state index is 12.6. The highest BCUT2D eigenvalue weighted by atomic mass is 35.5. The van der Waals surface area contributed by atoms with E-state index in [0.29, 0.717) is 6.54 Å².